The van der Waals surface area contributed by atoms with E-state index in [-0.39, 0.29) is 5.92 Å². The molecule has 0 fully saturated rings. The van der Waals surface area contributed by atoms with E-state index in [9.17, 15) is 0 Å². The third-order valence-corrected chi connectivity index (χ3v) is 3.41. The molecule has 0 aromatic heterocycles. The van der Waals surface area contributed by atoms with Gasteiger partial charge in [0.05, 0.1) is 18.7 Å². The number of methoxy groups -OCH3 is 1. The zero-order chi connectivity index (χ0) is 11.7. The normalized spacial score (nSPS) is 15.5. The second-order valence-electron chi connectivity index (χ2n) is 4.02. The lowest BCUT2D eigenvalue weighted by Gasteiger charge is -2.17. The molecule has 0 spiro atoms. The molecule has 0 aliphatic carbocycles. The molecule has 1 aliphatic rings. The molecule has 0 saturated carbocycles. The number of rotatable bonds is 3. The third-order valence-electron chi connectivity index (χ3n) is 3.01. The zero-order valence-electron chi connectivity index (χ0n) is 9.55. The first kappa shape index (κ1) is 11.6. The zero-order valence-corrected chi connectivity index (χ0v) is 10.3. The highest BCUT2D eigenvalue weighted by Crippen LogP contribution is 2.43. The summed E-state index contributed by atoms with van der Waals surface area (Å²) in [5, 5.41) is 0.674. The fourth-order valence-electron chi connectivity index (χ4n) is 1.99. The molecular formula is C12H16ClNO2. The summed E-state index contributed by atoms with van der Waals surface area (Å²) < 4.78 is 10.9. The first-order valence-electron chi connectivity index (χ1n) is 5.41. The van der Waals surface area contributed by atoms with Gasteiger partial charge in [-0.1, -0.05) is 18.5 Å². The molecule has 0 radical (unpaired) electrons. The van der Waals surface area contributed by atoms with E-state index in [4.69, 9.17) is 26.8 Å². The van der Waals surface area contributed by atoms with E-state index in [0.717, 1.165) is 29.0 Å². The van der Waals surface area contributed by atoms with Gasteiger partial charge in [0.2, 0.25) is 0 Å². The van der Waals surface area contributed by atoms with Crippen LogP contribution in [0.5, 0.6) is 11.5 Å². The van der Waals surface area contributed by atoms with Crippen molar-refractivity contribution in [2.24, 2.45) is 5.73 Å². The molecule has 88 valence electrons. The van der Waals surface area contributed by atoms with Crippen LogP contribution in [0.1, 0.15) is 24.0 Å². The Morgan fingerprint density at radius 3 is 3.00 bits per heavy atom. The molecule has 1 unspecified atom stereocenters. The Bertz CT molecular complexity index is 406. The highest BCUT2D eigenvalue weighted by molar-refractivity contribution is 6.33. The first-order chi connectivity index (χ1) is 7.69. The monoisotopic (exact) mass is 241 g/mol. The molecule has 1 heterocycles. The highest BCUT2D eigenvalue weighted by Gasteiger charge is 2.24. The maximum absolute atomic E-state index is 6.31. The van der Waals surface area contributed by atoms with Crippen LogP contribution in [0.25, 0.3) is 0 Å². The van der Waals surface area contributed by atoms with Crippen molar-refractivity contribution in [2.45, 2.75) is 19.3 Å². The van der Waals surface area contributed by atoms with Crippen LogP contribution in [0.15, 0.2) is 6.07 Å². The topological polar surface area (TPSA) is 44.5 Å². The summed E-state index contributed by atoms with van der Waals surface area (Å²) in [5.74, 6) is 1.83. The summed E-state index contributed by atoms with van der Waals surface area (Å²) in [7, 11) is 1.64. The van der Waals surface area contributed by atoms with Gasteiger partial charge in [-0.05, 0) is 18.5 Å². The van der Waals surface area contributed by atoms with E-state index >= 15 is 0 Å². The van der Waals surface area contributed by atoms with E-state index in [1.165, 1.54) is 0 Å². The van der Waals surface area contributed by atoms with Crippen LogP contribution in [0.4, 0.5) is 0 Å². The molecule has 1 aromatic carbocycles. The van der Waals surface area contributed by atoms with Crippen molar-refractivity contribution in [3.8, 4) is 11.5 Å². The number of nitrogens with two attached hydrogens (primary N) is 1. The minimum Gasteiger partial charge on any atom is -0.495 e. The van der Waals surface area contributed by atoms with Gasteiger partial charge in [-0.2, -0.15) is 0 Å². The summed E-state index contributed by atoms with van der Waals surface area (Å²) in [6.45, 7) is 3.31. The van der Waals surface area contributed by atoms with Crippen molar-refractivity contribution in [3.05, 3.63) is 22.2 Å². The van der Waals surface area contributed by atoms with E-state index in [0.29, 0.717) is 18.2 Å². The second-order valence-corrected chi connectivity index (χ2v) is 4.40. The van der Waals surface area contributed by atoms with Crippen LogP contribution in [0.2, 0.25) is 5.02 Å². The lowest BCUT2D eigenvalue weighted by atomic mass is 9.97. The first-order valence-corrected chi connectivity index (χ1v) is 5.79. The van der Waals surface area contributed by atoms with Gasteiger partial charge in [-0.25, -0.2) is 0 Å². The van der Waals surface area contributed by atoms with E-state index < -0.39 is 0 Å². The van der Waals surface area contributed by atoms with Gasteiger partial charge in [0, 0.05) is 17.5 Å². The van der Waals surface area contributed by atoms with Crippen LogP contribution in [0.3, 0.4) is 0 Å². The van der Waals surface area contributed by atoms with Crippen molar-refractivity contribution in [1.82, 2.24) is 0 Å². The molecule has 3 nitrogen and oxygen atoms in total. The Balaban J connectivity index is 2.56. The summed E-state index contributed by atoms with van der Waals surface area (Å²) in [6.07, 6.45) is 0.849. The molecule has 0 saturated heterocycles. The molecule has 16 heavy (non-hydrogen) atoms. The number of ether oxygens (including phenoxy) is 2. The maximum Gasteiger partial charge on any atom is 0.141 e. The minimum atomic E-state index is 0.210. The number of halogens is 1. The second kappa shape index (κ2) is 4.52. The summed E-state index contributed by atoms with van der Waals surface area (Å²) in [4.78, 5) is 0. The smallest absolute Gasteiger partial charge is 0.141 e. The Morgan fingerprint density at radius 1 is 1.62 bits per heavy atom. The quantitative estimate of drug-likeness (QED) is 0.884. The van der Waals surface area contributed by atoms with Crippen molar-refractivity contribution in [1.29, 1.82) is 0 Å². The molecule has 1 atom stereocenters. The van der Waals surface area contributed by atoms with Gasteiger partial charge in [0.25, 0.3) is 0 Å². The van der Waals surface area contributed by atoms with E-state index in [1.54, 1.807) is 7.11 Å². The van der Waals surface area contributed by atoms with Gasteiger partial charge in [0.15, 0.2) is 0 Å². The van der Waals surface area contributed by atoms with Gasteiger partial charge >= 0.3 is 0 Å². The van der Waals surface area contributed by atoms with Crippen molar-refractivity contribution >= 4 is 11.6 Å². The SMILES string of the molecule is COc1c(C(C)CN)cc2c(c1Cl)CCO2. The Labute approximate surface area is 100 Å². The van der Waals surface area contributed by atoms with Gasteiger partial charge in [-0.15, -0.1) is 0 Å². The standard InChI is InChI=1S/C12H16ClNO2/c1-7(6-14)9-5-10-8(3-4-16-10)11(13)12(9)15-2/h5,7H,3-4,6,14H2,1-2H3. The van der Waals surface area contributed by atoms with Gasteiger partial charge < -0.3 is 15.2 Å². The molecule has 2 N–H and O–H groups in total. The largest absolute Gasteiger partial charge is 0.495 e. The third kappa shape index (κ3) is 1.74. The summed E-state index contributed by atoms with van der Waals surface area (Å²) in [5.41, 5.74) is 7.75. The summed E-state index contributed by atoms with van der Waals surface area (Å²) >= 11 is 6.31. The average molecular weight is 242 g/mol. The molecule has 1 aliphatic heterocycles. The van der Waals surface area contributed by atoms with Crippen molar-refractivity contribution < 1.29 is 9.47 Å². The minimum absolute atomic E-state index is 0.210. The molecular weight excluding hydrogens is 226 g/mol. The Morgan fingerprint density at radius 2 is 2.38 bits per heavy atom. The summed E-state index contributed by atoms with van der Waals surface area (Å²) in [6, 6.07) is 2.00. The van der Waals surface area contributed by atoms with Crippen LogP contribution in [-0.4, -0.2) is 20.3 Å². The highest BCUT2D eigenvalue weighted by atomic mass is 35.5. The average Bonchev–Trinajstić information content (AvgIpc) is 2.76. The lowest BCUT2D eigenvalue weighted by molar-refractivity contribution is 0.355. The number of hydrogen-bond acceptors (Lipinski definition) is 3. The van der Waals surface area contributed by atoms with Gasteiger partial charge in [0.1, 0.15) is 11.5 Å². The predicted octanol–water partition coefficient (Wildman–Crippen LogP) is 2.35. The van der Waals surface area contributed by atoms with Crippen LogP contribution < -0.4 is 15.2 Å². The van der Waals surface area contributed by atoms with Crippen molar-refractivity contribution in [2.75, 3.05) is 20.3 Å². The number of benzene rings is 1. The number of fused-ring (bicyclic) bond motifs is 1. The van der Waals surface area contributed by atoms with Crippen LogP contribution in [-0.2, 0) is 6.42 Å². The van der Waals surface area contributed by atoms with Crippen LogP contribution in [0, 0.1) is 0 Å². The van der Waals surface area contributed by atoms with Crippen LogP contribution >= 0.6 is 11.6 Å². The fraction of sp³-hybridized carbons (Fsp3) is 0.500. The molecule has 2 rings (SSSR count). The lowest BCUT2D eigenvalue weighted by Crippen LogP contribution is -2.10. The number of hydrogen-bond donors (Lipinski definition) is 1. The Kier molecular flexibility index (Phi) is 3.26. The maximum atomic E-state index is 6.31. The molecule has 0 amide bonds. The predicted molar refractivity (Wildman–Crippen MR) is 64.7 cm³/mol. The van der Waals surface area contributed by atoms with E-state index in [2.05, 4.69) is 6.92 Å². The molecule has 0 bridgehead atoms. The van der Waals surface area contributed by atoms with Gasteiger partial charge in [-0.3, -0.25) is 0 Å². The van der Waals surface area contributed by atoms with E-state index in [1.807, 2.05) is 6.07 Å². The van der Waals surface area contributed by atoms with Crippen molar-refractivity contribution in [3.63, 3.8) is 0 Å². The molecule has 4 heteroatoms. The molecule has 1 aromatic rings. The fourth-order valence-corrected chi connectivity index (χ4v) is 2.36. The Hall–Kier alpha value is -0.930.